The third-order valence-electron chi connectivity index (χ3n) is 2.46. The lowest BCUT2D eigenvalue weighted by atomic mass is 10.1. The van der Waals surface area contributed by atoms with Gasteiger partial charge in [0.15, 0.2) is 5.89 Å². The molecule has 0 aliphatic carbocycles. The standard InChI is InChI=1S/C13H12BrNO3/c14-10-3-1-9(2-4-10)7-12-15-8-11(18-12)5-6-13(16)17/h1-4,8H,5-7H2,(H,16,17). The highest BCUT2D eigenvalue weighted by Gasteiger charge is 2.07. The number of nitrogens with zero attached hydrogens (tertiary/aromatic N) is 1. The molecule has 0 saturated carbocycles. The molecular weight excluding hydrogens is 298 g/mol. The topological polar surface area (TPSA) is 63.3 Å². The molecule has 94 valence electrons. The Labute approximate surface area is 113 Å². The molecule has 0 atom stereocenters. The van der Waals surface area contributed by atoms with Crippen LogP contribution in [0.2, 0.25) is 0 Å². The predicted molar refractivity (Wildman–Crippen MR) is 69.4 cm³/mol. The number of aliphatic carboxylic acids is 1. The zero-order valence-corrected chi connectivity index (χ0v) is 11.2. The third-order valence-corrected chi connectivity index (χ3v) is 2.98. The van der Waals surface area contributed by atoms with E-state index in [1.807, 2.05) is 24.3 Å². The smallest absolute Gasteiger partial charge is 0.303 e. The molecule has 0 unspecified atom stereocenters. The molecule has 0 bridgehead atoms. The molecule has 2 aromatic rings. The number of oxazole rings is 1. The first-order chi connectivity index (χ1) is 8.63. The normalized spacial score (nSPS) is 10.5. The molecule has 1 heterocycles. The Morgan fingerprint density at radius 1 is 1.33 bits per heavy atom. The Bertz CT molecular complexity index is 533. The second-order valence-electron chi connectivity index (χ2n) is 3.92. The third kappa shape index (κ3) is 3.70. The minimum atomic E-state index is -0.833. The van der Waals surface area contributed by atoms with Gasteiger partial charge in [-0.2, -0.15) is 0 Å². The van der Waals surface area contributed by atoms with Crippen molar-refractivity contribution in [3.8, 4) is 0 Å². The van der Waals surface area contributed by atoms with Crippen LogP contribution in [0.15, 0.2) is 39.4 Å². The molecule has 2 rings (SSSR count). The van der Waals surface area contributed by atoms with E-state index in [1.54, 1.807) is 6.20 Å². The molecule has 18 heavy (non-hydrogen) atoms. The molecule has 0 fully saturated rings. The number of aromatic nitrogens is 1. The molecule has 5 heteroatoms. The second kappa shape index (κ2) is 5.82. The van der Waals surface area contributed by atoms with Crippen molar-refractivity contribution in [1.82, 2.24) is 4.98 Å². The van der Waals surface area contributed by atoms with E-state index in [9.17, 15) is 4.79 Å². The van der Waals surface area contributed by atoms with Gasteiger partial charge in [0.2, 0.25) is 0 Å². The van der Waals surface area contributed by atoms with Gasteiger partial charge in [-0.1, -0.05) is 28.1 Å². The largest absolute Gasteiger partial charge is 0.481 e. The Kier molecular flexibility index (Phi) is 4.15. The van der Waals surface area contributed by atoms with Crippen LogP contribution in [0.1, 0.15) is 23.6 Å². The van der Waals surface area contributed by atoms with E-state index < -0.39 is 5.97 Å². The van der Waals surface area contributed by atoms with Gasteiger partial charge in [-0.3, -0.25) is 4.79 Å². The average Bonchev–Trinajstić information content (AvgIpc) is 2.77. The lowest BCUT2D eigenvalue weighted by molar-refractivity contribution is -0.137. The van der Waals surface area contributed by atoms with Crippen molar-refractivity contribution in [2.75, 3.05) is 0 Å². The van der Waals surface area contributed by atoms with Crippen molar-refractivity contribution in [3.05, 3.63) is 52.1 Å². The van der Waals surface area contributed by atoms with Gasteiger partial charge in [0, 0.05) is 17.3 Å². The van der Waals surface area contributed by atoms with Gasteiger partial charge >= 0.3 is 5.97 Å². The van der Waals surface area contributed by atoms with Crippen molar-refractivity contribution in [2.24, 2.45) is 0 Å². The summed E-state index contributed by atoms with van der Waals surface area (Å²) in [6.07, 6.45) is 2.65. The summed E-state index contributed by atoms with van der Waals surface area (Å²) in [5, 5.41) is 8.58. The number of carbonyl (C=O) groups is 1. The quantitative estimate of drug-likeness (QED) is 0.922. The number of benzene rings is 1. The molecular formula is C13H12BrNO3. The van der Waals surface area contributed by atoms with Crippen molar-refractivity contribution < 1.29 is 14.3 Å². The van der Waals surface area contributed by atoms with Crippen LogP contribution in [0, 0.1) is 0 Å². The Morgan fingerprint density at radius 3 is 2.72 bits per heavy atom. The fraction of sp³-hybridized carbons (Fsp3) is 0.231. The van der Waals surface area contributed by atoms with Crippen LogP contribution in [-0.4, -0.2) is 16.1 Å². The minimum absolute atomic E-state index is 0.0624. The van der Waals surface area contributed by atoms with Crippen LogP contribution in [0.25, 0.3) is 0 Å². The molecule has 1 N–H and O–H groups in total. The number of hydrogen-bond donors (Lipinski definition) is 1. The molecule has 0 amide bonds. The summed E-state index contributed by atoms with van der Waals surface area (Å²) >= 11 is 3.37. The number of carboxylic acids is 1. The molecule has 0 spiro atoms. The van der Waals surface area contributed by atoms with Gasteiger partial charge in [0.25, 0.3) is 0 Å². The van der Waals surface area contributed by atoms with E-state index in [-0.39, 0.29) is 6.42 Å². The molecule has 1 aromatic carbocycles. The highest BCUT2D eigenvalue weighted by molar-refractivity contribution is 9.10. The number of hydrogen-bond acceptors (Lipinski definition) is 3. The van der Waals surface area contributed by atoms with Gasteiger partial charge in [-0.05, 0) is 17.7 Å². The SMILES string of the molecule is O=C(O)CCc1cnc(Cc2ccc(Br)cc2)o1. The lowest BCUT2D eigenvalue weighted by Crippen LogP contribution is -1.96. The molecule has 1 aromatic heterocycles. The van der Waals surface area contributed by atoms with E-state index in [4.69, 9.17) is 9.52 Å². The van der Waals surface area contributed by atoms with Crippen LogP contribution in [0.4, 0.5) is 0 Å². The number of rotatable bonds is 5. The van der Waals surface area contributed by atoms with Crippen molar-refractivity contribution >= 4 is 21.9 Å². The fourth-order valence-electron chi connectivity index (χ4n) is 1.55. The second-order valence-corrected chi connectivity index (χ2v) is 4.83. The van der Waals surface area contributed by atoms with Crippen LogP contribution in [0.3, 0.4) is 0 Å². The van der Waals surface area contributed by atoms with E-state index in [2.05, 4.69) is 20.9 Å². The maximum absolute atomic E-state index is 10.4. The lowest BCUT2D eigenvalue weighted by Gasteiger charge is -1.97. The number of aryl methyl sites for hydroxylation is 1. The van der Waals surface area contributed by atoms with E-state index in [0.717, 1.165) is 10.0 Å². The van der Waals surface area contributed by atoms with Crippen LogP contribution in [0.5, 0.6) is 0 Å². The zero-order valence-electron chi connectivity index (χ0n) is 9.60. The summed E-state index contributed by atoms with van der Waals surface area (Å²) in [4.78, 5) is 14.6. The number of halogens is 1. The summed E-state index contributed by atoms with van der Waals surface area (Å²) in [7, 11) is 0. The first kappa shape index (κ1) is 12.8. The molecule has 0 saturated heterocycles. The summed E-state index contributed by atoms with van der Waals surface area (Å²) < 4.78 is 6.51. The summed E-state index contributed by atoms with van der Waals surface area (Å²) in [5.41, 5.74) is 1.10. The molecule has 0 aliphatic heterocycles. The highest BCUT2D eigenvalue weighted by Crippen LogP contribution is 2.15. The van der Waals surface area contributed by atoms with Gasteiger partial charge < -0.3 is 9.52 Å². The van der Waals surface area contributed by atoms with Crippen molar-refractivity contribution in [2.45, 2.75) is 19.3 Å². The van der Waals surface area contributed by atoms with Crippen molar-refractivity contribution in [3.63, 3.8) is 0 Å². The maximum Gasteiger partial charge on any atom is 0.303 e. The first-order valence-electron chi connectivity index (χ1n) is 5.53. The van der Waals surface area contributed by atoms with Gasteiger partial charge in [-0.25, -0.2) is 4.98 Å². The van der Waals surface area contributed by atoms with Gasteiger partial charge in [-0.15, -0.1) is 0 Å². The van der Waals surface area contributed by atoms with Crippen LogP contribution in [-0.2, 0) is 17.6 Å². The highest BCUT2D eigenvalue weighted by atomic mass is 79.9. The zero-order chi connectivity index (χ0) is 13.0. The summed E-state index contributed by atoms with van der Waals surface area (Å²) in [6.45, 7) is 0. The summed E-state index contributed by atoms with van der Waals surface area (Å²) in [6, 6.07) is 7.91. The van der Waals surface area contributed by atoms with Crippen LogP contribution < -0.4 is 0 Å². The molecule has 0 aliphatic rings. The fourth-order valence-corrected chi connectivity index (χ4v) is 1.82. The predicted octanol–water partition coefficient (Wildman–Crippen LogP) is 3.05. The van der Waals surface area contributed by atoms with Gasteiger partial charge in [0.1, 0.15) is 5.76 Å². The Morgan fingerprint density at radius 2 is 2.06 bits per heavy atom. The Hall–Kier alpha value is -1.62. The molecule has 4 nitrogen and oxygen atoms in total. The Balaban J connectivity index is 1.97. The van der Waals surface area contributed by atoms with Gasteiger partial charge in [0.05, 0.1) is 12.6 Å². The first-order valence-corrected chi connectivity index (χ1v) is 6.32. The summed E-state index contributed by atoms with van der Waals surface area (Å²) in [5.74, 6) is 0.392. The monoisotopic (exact) mass is 309 g/mol. The van der Waals surface area contributed by atoms with Crippen LogP contribution >= 0.6 is 15.9 Å². The van der Waals surface area contributed by atoms with E-state index in [0.29, 0.717) is 24.5 Å². The van der Waals surface area contributed by atoms with E-state index >= 15 is 0 Å². The van der Waals surface area contributed by atoms with E-state index in [1.165, 1.54) is 0 Å². The average molecular weight is 310 g/mol. The molecule has 0 radical (unpaired) electrons. The maximum atomic E-state index is 10.4. The van der Waals surface area contributed by atoms with Crippen molar-refractivity contribution in [1.29, 1.82) is 0 Å². The minimum Gasteiger partial charge on any atom is -0.481 e. The number of carboxylic acid groups (broad SMARTS) is 1.